The predicted octanol–water partition coefficient (Wildman–Crippen LogP) is 3.03. The summed E-state index contributed by atoms with van der Waals surface area (Å²) in [5.74, 6) is 2.63. The van der Waals surface area contributed by atoms with Crippen molar-refractivity contribution in [3.63, 3.8) is 0 Å². The maximum absolute atomic E-state index is 5.41. The second-order valence-corrected chi connectivity index (χ2v) is 4.21. The summed E-state index contributed by atoms with van der Waals surface area (Å²) in [4.78, 5) is 4.40. The van der Waals surface area contributed by atoms with Crippen molar-refractivity contribution in [2.45, 2.75) is 6.17 Å². The Morgan fingerprint density at radius 1 is 1.37 bits per heavy atom. The van der Waals surface area contributed by atoms with Crippen molar-refractivity contribution in [1.29, 1.82) is 0 Å². The van der Waals surface area contributed by atoms with E-state index in [4.69, 9.17) is 6.42 Å². The van der Waals surface area contributed by atoms with Crippen LogP contribution in [-0.4, -0.2) is 6.34 Å². The Morgan fingerprint density at radius 3 is 3.21 bits per heavy atom. The first-order chi connectivity index (χ1) is 9.36. The first-order valence-corrected chi connectivity index (χ1v) is 5.98. The van der Waals surface area contributed by atoms with E-state index in [9.17, 15) is 0 Å². The Balaban J connectivity index is 1.89. The Kier molecular flexibility index (Phi) is 2.91. The number of aliphatic imine (C=N–C) groups is 1. The molecule has 3 nitrogen and oxygen atoms in total. The minimum absolute atomic E-state index is 0.123. The molecule has 2 aromatic rings. The Labute approximate surface area is 112 Å². The molecular formula is C16H12N3. The summed E-state index contributed by atoms with van der Waals surface area (Å²) < 4.78 is 0. The summed E-state index contributed by atoms with van der Waals surface area (Å²) in [6.45, 7) is 0. The van der Waals surface area contributed by atoms with E-state index in [-0.39, 0.29) is 6.17 Å². The van der Waals surface area contributed by atoms with Crippen LogP contribution >= 0.6 is 0 Å². The third-order valence-electron chi connectivity index (χ3n) is 2.97. The molecule has 0 amide bonds. The molecule has 3 heteroatoms. The highest BCUT2D eigenvalue weighted by Gasteiger charge is 2.16. The van der Waals surface area contributed by atoms with Crippen molar-refractivity contribution < 1.29 is 0 Å². The molecule has 0 fully saturated rings. The van der Waals surface area contributed by atoms with Crippen LogP contribution in [0.2, 0.25) is 0 Å². The lowest BCUT2D eigenvalue weighted by atomic mass is 10.1. The molecular weight excluding hydrogens is 234 g/mol. The number of rotatable bonds is 2. The molecule has 91 valence electrons. The lowest BCUT2D eigenvalue weighted by Gasteiger charge is -2.22. The van der Waals surface area contributed by atoms with E-state index in [0.717, 1.165) is 22.5 Å². The monoisotopic (exact) mass is 246 g/mol. The number of nitrogens with one attached hydrogen (secondary N) is 2. The summed E-state index contributed by atoms with van der Waals surface area (Å²) in [5.41, 5.74) is 3.91. The fourth-order valence-electron chi connectivity index (χ4n) is 2.03. The standard InChI is InChI=1S/C16H12N3/c1-2-12-6-5-7-13(10-12)19-16-14-8-3-4-9-15(14)17-11-18-16/h1,4-11,16,19H,(H,17,18). The number of terminal acetylenes is 1. The zero-order valence-electron chi connectivity index (χ0n) is 10.2. The molecule has 1 unspecified atom stereocenters. The minimum Gasteiger partial charge on any atom is -0.360 e. The van der Waals surface area contributed by atoms with Gasteiger partial charge in [0.15, 0.2) is 0 Å². The van der Waals surface area contributed by atoms with Gasteiger partial charge in [-0.1, -0.05) is 18.1 Å². The smallest absolute Gasteiger partial charge is 0.148 e. The van der Waals surface area contributed by atoms with E-state index in [1.54, 1.807) is 6.34 Å². The predicted molar refractivity (Wildman–Crippen MR) is 78.1 cm³/mol. The van der Waals surface area contributed by atoms with Crippen molar-refractivity contribution >= 4 is 17.7 Å². The van der Waals surface area contributed by atoms with Crippen LogP contribution in [0.5, 0.6) is 0 Å². The summed E-state index contributed by atoms with van der Waals surface area (Å²) in [7, 11) is 0. The second kappa shape index (κ2) is 4.87. The molecule has 0 aliphatic carbocycles. The summed E-state index contributed by atoms with van der Waals surface area (Å²) in [6.07, 6.45) is 6.98. The van der Waals surface area contributed by atoms with Crippen LogP contribution in [0, 0.1) is 18.4 Å². The first kappa shape index (κ1) is 11.4. The van der Waals surface area contributed by atoms with Gasteiger partial charge in [-0.3, -0.25) is 0 Å². The summed E-state index contributed by atoms with van der Waals surface area (Å²) in [6, 6.07) is 16.6. The molecule has 1 aliphatic heterocycles. The number of nitrogens with zero attached hydrogens (tertiary/aromatic N) is 1. The largest absolute Gasteiger partial charge is 0.360 e. The lowest BCUT2D eigenvalue weighted by Crippen LogP contribution is -2.16. The zero-order valence-corrected chi connectivity index (χ0v) is 10.2. The Hall–Kier alpha value is -2.73. The van der Waals surface area contributed by atoms with Crippen LogP contribution in [0.1, 0.15) is 17.3 Å². The zero-order chi connectivity index (χ0) is 13.1. The van der Waals surface area contributed by atoms with Crippen molar-refractivity contribution in [3.8, 4) is 12.3 Å². The second-order valence-electron chi connectivity index (χ2n) is 4.21. The van der Waals surface area contributed by atoms with Crippen LogP contribution in [0.25, 0.3) is 0 Å². The Bertz CT molecular complexity index is 668. The highest BCUT2D eigenvalue weighted by molar-refractivity contribution is 5.80. The van der Waals surface area contributed by atoms with Gasteiger partial charge in [0.2, 0.25) is 0 Å². The van der Waals surface area contributed by atoms with Crippen LogP contribution < -0.4 is 10.6 Å². The quantitative estimate of drug-likeness (QED) is 0.799. The normalized spacial score (nSPS) is 16.1. The molecule has 0 saturated heterocycles. The van der Waals surface area contributed by atoms with E-state index < -0.39 is 0 Å². The highest BCUT2D eigenvalue weighted by atomic mass is 15.1. The fraction of sp³-hybridized carbons (Fsp3) is 0.0625. The topological polar surface area (TPSA) is 36.4 Å². The molecule has 1 heterocycles. The van der Waals surface area contributed by atoms with Crippen molar-refractivity contribution in [2.24, 2.45) is 4.99 Å². The molecule has 1 atom stereocenters. The molecule has 0 spiro atoms. The van der Waals surface area contributed by atoms with E-state index in [1.807, 2.05) is 42.5 Å². The van der Waals surface area contributed by atoms with E-state index in [2.05, 4.69) is 27.6 Å². The fourth-order valence-corrected chi connectivity index (χ4v) is 2.03. The molecule has 0 aromatic heterocycles. The lowest BCUT2D eigenvalue weighted by molar-refractivity contribution is 0.836. The Morgan fingerprint density at radius 2 is 2.32 bits per heavy atom. The molecule has 1 aliphatic rings. The summed E-state index contributed by atoms with van der Waals surface area (Å²) in [5, 5.41) is 6.48. The van der Waals surface area contributed by atoms with Gasteiger partial charge in [-0.15, -0.1) is 6.42 Å². The minimum atomic E-state index is -0.123. The van der Waals surface area contributed by atoms with Crippen molar-refractivity contribution in [1.82, 2.24) is 0 Å². The molecule has 2 aromatic carbocycles. The van der Waals surface area contributed by atoms with Crippen molar-refractivity contribution in [3.05, 3.63) is 59.7 Å². The van der Waals surface area contributed by atoms with E-state index >= 15 is 0 Å². The van der Waals surface area contributed by atoms with Crippen LogP contribution in [0.15, 0.2) is 47.5 Å². The van der Waals surface area contributed by atoms with Gasteiger partial charge in [0.05, 0.1) is 6.34 Å². The first-order valence-electron chi connectivity index (χ1n) is 5.98. The average Bonchev–Trinajstić information content (AvgIpc) is 2.48. The molecule has 0 saturated carbocycles. The third kappa shape index (κ3) is 2.29. The van der Waals surface area contributed by atoms with Gasteiger partial charge in [-0.25, -0.2) is 4.99 Å². The number of anilines is 2. The van der Waals surface area contributed by atoms with Gasteiger partial charge in [0, 0.05) is 22.5 Å². The number of benzene rings is 2. The maximum Gasteiger partial charge on any atom is 0.148 e. The average molecular weight is 246 g/mol. The molecule has 19 heavy (non-hydrogen) atoms. The van der Waals surface area contributed by atoms with Gasteiger partial charge in [-0.2, -0.15) is 0 Å². The molecule has 1 radical (unpaired) electrons. The van der Waals surface area contributed by atoms with Crippen LogP contribution in [0.3, 0.4) is 0 Å². The number of hydrogen-bond donors (Lipinski definition) is 2. The van der Waals surface area contributed by atoms with Gasteiger partial charge in [0.1, 0.15) is 6.17 Å². The van der Waals surface area contributed by atoms with Crippen molar-refractivity contribution in [2.75, 3.05) is 10.6 Å². The SMILES string of the molecule is C#Cc1cccc(NC2N=CNc3cc[c]cc32)c1. The van der Waals surface area contributed by atoms with Crippen LogP contribution in [-0.2, 0) is 0 Å². The molecule has 2 N–H and O–H groups in total. The van der Waals surface area contributed by atoms with Gasteiger partial charge in [-0.05, 0) is 36.4 Å². The molecule has 0 bridgehead atoms. The number of fused-ring (bicyclic) bond motifs is 1. The van der Waals surface area contributed by atoms with E-state index in [1.165, 1.54) is 0 Å². The van der Waals surface area contributed by atoms with Crippen LogP contribution in [0.4, 0.5) is 11.4 Å². The summed E-state index contributed by atoms with van der Waals surface area (Å²) >= 11 is 0. The third-order valence-corrected chi connectivity index (χ3v) is 2.97. The van der Waals surface area contributed by atoms with Gasteiger partial charge >= 0.3 is 0 Å². The van der Waals surface area contributed by atoms with E-state index in [0.29, 0.717) is 0 Å². The number of hydrogen-bond acceptors (Lipinski definition) is 3. The maximum atomic E-state index is 5.41. The van der Waals surface area contributed by atoms with Gasteiger partial charge < -0.3 is 10.6 Å². The molecule has 3 rings (SSSR count). The highest BCUT2D eigenvalue weighted by Crippen LogP contribution is 2.29. The van der Waals surface area contributed by atoms with Gasteiger partial charge in [0.25, 0.3) is 0 Å².